The number of halogens is 1. The van der Waals surface area contributed by atoms with Gasteiger partial charge in [-0.2, -0.15) is 0 Å². The average molecular weight is 367 g/mol. The Morgan fingerprint density at radius 1 is 1.08 bits per heavy atom. The number of ketones is 1. The summed E-state index contributed by atoms with van der Waals surface area (Å²) in [5.74, 6) is 0.430. The van der Waals surface area contributed by atoms with E-state index in [1.54, 1.807) is 42.5 Å². The van der Waals surface area contributed by atoms with Crippen LogP contribution in [0, 0.1) is 0 Å². The molecule has 5 nitrogen and oxygen atoms in total. The van der Waals surface area contributed by atoms with Gasteiger partial charge in [0.1, 0.15) is 17.3 Å². The van der Waals surface area contributed by atoms with Gasteiger partial charge >= 0.3 is 5.97 Å². The molecular formula is C20H11ClO5. The monoisotopic (exact) mass is 366 g/mol. The maximum Gasteiger partial charge on any atom is 0.343 e. The van der Waals surface area contributed by atoms with Crippen LogP contribution in [0.1, 0.15) is 26.5 Å². The van der Waals surface area contributed by atoms with Gasteiger partial charge in [-0.05, 0) is 42.5 Å². The second kappa shape index (κ2) is 6.54. The number of hydrogen-bond donors (Lipinski definition) is 0. The summed E-state index contributed by atoms with van der Waals surface area (Å²) in [6.07, 6.45) is 3.02. The van der Waals surface area contributed by atoms with Gasteiger partial charge in [0.15, 0.2) is 5.76 Å². The zero-order valence-electron chi connectivity index (χ0n) is 13.3. The minimum absolute atomic E-state index is 0.147. The summed E-state index contributed by atoms with van der Waals surface area (Å²) in [5, 5.41) is 0.440. The highest BCUT2D eigenvalue weighted by molar-refractivity contribution is 6.30. The minimum Gasteiger partial charge on any atom is -0.465 e. The molecule has 0 saturated heterocycles. The fourth-order valence-electron chi connectivity index (χ4n) is 2.51. The van der Waals surface area contributed by atoms with Crippen molar-refractivity contribution in [2.75, 3.05) is 0 Å². The van der Waals surface area contributed by atoms with Gasteiger partial charge in [0.2, 0.25) is 5.78 Å². The first-order valence-corrected chi connectivity index (χ1v) is 8.07. The average Bonchev–Trinajstić information content (AvgIpc) is 3.24. The van der Waals surface area contributed by atoms with Crippen LogP contribution in [-0.2, 0) is 0 Å². The number of rotatable bonds is 3. The zero-order chi connectivity index (χ0) is 18.1. The third kappa shape index (κ3) is 3.12. The number of Topliss-reactive ketones (excluding diaryl/α,β-unsaturated/α-hetero) is 1. The number of allylic oxidation sites excluding steroid dienone is 1. The standard InChI is InChI=1S/C20H11ClO5/c21-13-4-1-3-12(9-13)20(23)25-15-6-7-16-17(11-15)26-18(19(16)22)10-14-5-2-8-24-14/h1-11H/b18-10-. The molecule has 0 atom stereocenters. The molecule has 0 aliphatic carbocycles. The summed E-state index contributed by atoms with van der Waals surface area (Å²) in [5.41, 5.74) is 0.721. The molecule has 1 aliphatic rings. The Balaban J connectivity index is 1.56. The maximum atomic E-state index is 12.4. The van der Waals surface area contributed by atoms with Crippen LogP contribution in [0.2, 0.25) is 5.02 Å². The second-order valence-corrected chi connectivity index (χ2v) is 5.95. The minimum atomic E-state index is -0.553. The first kappa shape index (κ1) is 16.2. The molecule has 0 radical (unpaired) electrons. The van der Waals surface area contributed by atoms with Crippen molar-refractivity contribution in [1.29, 1.82) is 0 Å². The van der Waals surface area contributed by atoms with Gasteiger partial charge in [-0.3, -0.25) is 4.79 Å². The Hall–Kier alpha value is -3.31. The third-order valence-corrected chi connectivity index (χ3v) is 3.96. The van der Waals surface area contributed by atoms with Crippen molar-refractivity contribution in [2.45, 2.75) is 0 Å². The van der Waals surface area contributed by atoms with E-state index in [0.29, 0.717) is 27.7 Å². The maximum absolute atomic E-state index is 12.4. The van der Waals surface area contributed by atoms with Crippen molar-refractivity contribution in [1.82, 2.24) is 0 Å². The van der Waals surface area contributed by atoms with Crippen LogP contribution in [0.25, 0.3) is 6.08 Å². The molecule has 0 spiro atoms. The lowest BCUT2D eigenvalue weighted by atomic mass is 10.1. The Bertz CT molecular complexity index is 1030. The molecule has 2 aromatic carbocycles. The molecule has 0 fully saturated rings. The van der Waals surface area contributed by atoms with E-state index in [1.165, 1.54) is 24.5 Å². The lowest BCUT2D eigenvalue weighted by Crippen LogP contribution is -2.08. The van der Waals surface area contributed by atoms with Gasteiger partial charge in [-0.15, -0.1) is 0 Å². The van der Waals surface area contributed by atoms with E-state index in [-0.39, 0.29) is 17.3 Å². The first-order chi connectivity index (χ1) is 12.6. The topological polar surface area (TPSA) is 65.7 Å². The van der Waals surface area contributed by atoms with Crippen LogP contribution < -0.4 is 9.47 Å². The number of ether oxygens (including phenoxy) is 2. The molecule has 26 heavy (non-hydrogen) atoms. The number of benzene rings is 2. The highest BCUT2D eigenvalue weighted by Gasteiger charge is 2.28. The molecule has 0 unspecified atom stereocenters. The number of furan rings is 1. The molecule has 3 aromatic rings. The van der Waals surface area contributed by atoms with E-state index in [4.69, 9.17) is 25.5 Å². The van der Waals surface area contributed by atoms with Gasteiger partial charge in [0, 0.05) is 17.2 Å². The predicted octanol–water partition coefficient (Wildman–Crippen LogP) is 4.77. The van der Waals surface area contributed by atoms with Crippen molar-refractivity contribution in [3.05, 3.63) is 88.5 Å². The van der Waals surface area contributed by atoms with Crippen LogP contribution in [0.15, 0.2) is 71.0 Å². The van der Waals surface area contributed by atoms with E-state index in [1.807, 2.05) is 0 Å². The number of hydrogen-bond acceptors (Lipinski definition) is 5. The Kier molecular flexibility index (Phi) is 4.07. The Labute approximate surface area is 153 Å². The summed E-state index contributed by atoms with van der Waals surface area (Å²) in [6, 6.07) is 14.5. The summed E-state index contributed by atoms with van der Waals surface area (Å²) >= 11 is 5.88. The van der Waals surface area contributed by atoms with Crippen molar-refractivity contribution in [2.24, 2.45) is 0 Å². The number of fused-ring (bicyclic) bond motifs is 1. The second-order valence-electron chi connectivity index (χ2n) is 5.51. The third-order valence-electron chi connectivity index (χ3n) is 3.73. The van der Waals surface area contributed by atoms with E-state index < -0.39 is 5.97 Å². The molecular weight excluding hydrogens is 356 g/mol. The molecule has 0 bridgehead atoms. The van der Waals surface area contributed by atoms with Gasteiger partial charge in [-0.1, -0.05) is 17.7 Å². The van der Waals surface area contributed by atoms with Gasteiger partial charge in [-0.25, -0.2) is 4.79 Å². The molecule has 0 saturated carbocycles. The predicted molar refractivity (Wildman–Crippen MR) is 94.5 cm³/mol. The van der Waals surface area contributed by atoms with Crippen LogP contribution in [0.5, 0.6) is 11.5 Å². The summed E-state index contributed by atoms with van der Waals surface area (Å²) in [7, 11) is 0. The first-order valence-electron chi connectivity index (χ1n) is 7.70. The van der Waals surface area contributed by atoms with Crippen molar-refractivity contribution in [3.8, 4) is 11.5 Å². The Morgan fingerprint density at radius 3 is 2.73 bits per heavy atom. The van der Waals surface area contributed by atoms with E-state index in [2.05, 4.69) is 0 Å². The SMILES string of the molecule is O=C(Oc1ccc2c(c1)O/C(=C\c1ccco1)C2=O)c1cccc(Cl)c1. The van der Waals surface area contributed by atoms with Crippen LogP contribution in [-0.4, -0.2) is 11.8 Å². The summed E-state index contributed by atoms with van der Waals surface area (Å²) in [4.78, 5) is 24.6. The molecule has 0 N–H and O–H groups in total. The van der Waals surface area contributed by atoms with Gasteiger partial charge < -0.3 is 13.9 Å². The zero-order valence-corrected chi connectivity index (χ0v) is 14.0. The smallest absolute Gasteiger partial charge is 0.343 e. The molecule has 1 aliphatic heterocycles. The molecule has 6 heteroatoms. The molecule has 1 aromatic heterocycles. The van der Waals surface area contributed by atoms with Crippen molar-refractivity contribution >= 4 is 29.4 Å². The van der Waals surface area contributed by atoms with E-state index >= 15 is 0 Å². The molecule has 4 rings (SSSR count). The van der Waals surface area contributed by atoms with Crippen LogP contribution in [0.3, 0.4) is 0 Å². The van der Waals surface area contributed by atoms with Crippen LogP contribution >= 0.6 is 11.6 Å². The fourth-order valence-corrected chi connectivity index (χ4v) is 2.71. The molecule has 0 amide bonds. The molecule has 128 valence electrons. The Morgan fingerprint density at radius 2 is 1.96 bits per heavy atom. The summed E-state index contributed by atoms with van der Waals surface area (Å²) < 4.78 is 16.1. The lowest BCUT2D eigenvalue weighted by Gasteiger charge is -2.06. The molecule has 2 heterocycles. The summed E-state index contributed by atoms with van der Waals surface area (Å²) in [6.45, 7) is 0. The highest BCUT2D eigenvalue weighted by Crippen LogP contribution is 2.35. The van der Waals surface area contributed by atoms with E-state index in [0.717, 1.165) is 0 Å². The van der Waals surface area contributed by atoms with Gasteiger partial charge in [0.05, 0.1) is 17.4 Å². The fraction of sp³-hybridized carbons (Fsp3) is 0. The van der Waals surface area contributed by atoms with E-state index in [9.17, 15) is 9.59 Å². The normalized spacial score (nSPS) is 14.2. The van der Waals surface area contributed by atoms with Gasteiger partial charge in [0.25, 0.3) is 0 Å². The van der Waals surface area contributed by atoms with Crippen molar-refractivity contribution < 1.29 is 23.5 Å². The number of carbonyl (C=O) groups is 2. The van der Waals surface area contributed by atoms with Crippen LogP contribution in [0.4, 0.5) is 0 Å². The number of esters is 1. The lowest BCUT2D eigenvalue weighted by molar-refractivity contribution is 0.0734. The quantitative estimate of drug-likeness (QED) is 0.379. The highest BCUT2D eigenvalue weighted by atomic mass is 35.5. The largest absolute Gasteiger partial charge is 0.465 e. The number of carbonyl (C=O) groups excluding carboxylic acids is 2. The van der Waals surface area contributed by atoms with Crippen molar-refractivity contribution in [3.63, 3.8) is 0 Å².